The summed E-state index contributed by atoms with van der Waals surface area (Å²) < 4.78 is 0. The van der Waals surface area contributed by atoms with E-state index in [-0.39, 0.29) is 0 Å². The highest BCUT2D eigenvalue weighted by molar-refractivity contribution is 5.93. The summed E-state index contributed by atoms with van der Waals surface area (Å²) in [5, 5.41) is 1.20. The van der Waals surface area contributed by atoms with Crippen molar-refractivity contribution >= 4 is 16.6 Å². The quantitative estimate of drug-likeness (QED) is 0.904. The monoisotopic (exact) mass is 271 g/mol. The molecule has 0 aliphatic rings. The van der Waals surface area contributed by atoms with Crippen LogP contribution >= 0.6 is 0 Å². The van der Waals surface area contributed by atoms with E-state index in [1.54, 1.807) is 0 Å². The van der Waals surface area contributed by atoms with Crippen LogP contribution in [0, 0.1) is 5.92 Å². The largest absolute Gasteiger partial charge is 0.368 e. The number of nitrogens with two attached hydrogens (primary N) is 1. The van der Waals surface area contributed by atoms with Gasteiger partial charge in [-0.2, -0.15) is 0 Å². The summed E-state index contributed by atoms with van der Waals surface area (Å²) in [6.07, 6.45) is 1.92. The van der Waals surface area contributed by atoms with E-state index >= 15 is 0 Å². The van der Waals surface area contributed by atoms with E-state index in [0.717, 1.165) is 17.6 Å². The zero-order valence-corrected chi connectivity index (χ0v) is 12.9. The van der Waals surface area contributed by atoms with Gasteiger partial charge in [-0.15, -0.1) is 0 Å². The minimum Gasteiger partial charge on any atom is -0.368 e. The van der Waals surface area contributed by atoms with Gasteiger partial charge in [-0.05, 0) is 25.8 Å². The van der Waals surface area contributed by atoms with Crippen LogP contribution in [0.15, 0.2) is 30.5 Å². The van der Waals surface area contributed by atoms with E-state index in [4.69, 9.17) is 5.73 Å². The number of rotatable bonds is 5. The summed E-state index contributed by atoms with van der Waals surface area (Å²) in [6, 6.07) is 8.75. The van der Waals surface area contributed by atoms with Crippen molar-refractivity contribution in [2.24, 2.45) is 11.7 Å². The Morgan fingerprint density at radius 2 is 1.85 bits per heavy atom. The molecule has 1 aromatic carbocycles. The summed E-state index contributed by atoms with van der Waals surface area (Å²) in [5.41, 5.74) is 9.35. The van der Waals surface area contributed by atoms with Gasteiger partial charge in [0.1, 0.15) is 0 Å². The molecule has 20 heavy (non-hydrogen) atoms. The molecule has 0 unspecified atom stereocenters. The number of anilines is 1. The first-order chi connectivity index (χ1) is 9.54. The first-order valence-corrected chi connectivity index (χ1v) is 7.38. The Bertz CT molecular complexity index is 575. The minimum atomic E-state index is 0.438. The maximum atomic E-state index is 5.94. The maximum absolute atomic E-state index is 5.94. The highest BCUT2D eigenvalue weighted by Crippen LogP contribution is 2.31. The zero-order chi connectivity index (χ0) is 14.7. The summed E-state index contributed by atoms with van der Waals surface area (Å²) in [4.78, 5) is 6.98. The van der Waals surface area contributed by atoms with Gasteiger partial charge in [-0.1, -0.05) is 32.0 Å². The van der Waals surface area contributed by atoms with Crippen molar-refractivity contribution in [1.29, 1.82) is 0 Å². The third kappa shape index (κ3) is 2.93. The van der Waals surface area contributed by atoms with Gasteiger partial charge in [0.15, 0.2) is 0 Å². The number of hydrogen-bond donors (Lipinski definition) is 1. The molecular weight excluding hydrogens is 246 g/mol. The van der Waals surface area contributed by atoms with Crippen molar-refractivity contribution in [1.82, 2.24) is 4.98 Å². The summed E-state index contributed by atoms with van der Waals surface area (Å²) in [6.45, 7) is 10.5. The fraction of sp³-hybridized carbons (Fsp3) is 0.471. The first-order valence-electron chi connectivity index (χ1n) is 7.38. The Morgan fingerprint density at radius 3 is 2.45 bits per heavy atom. The highest BCUT2D eigenvalue weighted by Gasteiger charge is 2.18. The second kappa shape index (κ2) is 6.23. The number of hydrogen-bond acceptors (Lipinski definition) is 3. The van der Waals surface area contributed by atoms with Crippen LogP contribution in [0.2, 0.25) is 0 Å². The molecule has 3 nitrogen and oxygen atoms in total. The molecule has 1 heterocycles. The molecule has 0 fully saturated rings. The van der Waals surface area contributed by atoms with E-state index in [0.29, 0.717) is 18.5 Å². The lowest BCUT2D eigenvalue weighted by molar-refractivity contribution is 0.570. The third-order valence-corrected chi connectivity index (χ3v) is 3.52. The van der Waals surface area contributed by atoms with Crippen LogP contribution in [-0.2, 0) is 6.54 Å². The van der Waals surface area contributed by atoms with Gasteiger partial charge in [0.2, 0.25) is 0 Å². The Morgan fingerprint density at radius 1 is 1.15 bits per heavy atom. The summed E-state index contributed by atoms with van der Waals surface area (Å²) in [5.74, 6) is 0.606. The number of fused-ring (bicyclic) bond motifs is 1. The van der Waals surface area contributed by atoms with Gasteiger partial charge in [-0.25, -0.2) is 0 Å². The normalized spacial score (nSPS) is 11.6. The molecule has 0 radical (unpaired) electrons. The molecule has 2 aromatic rings. The van der Waals surface area contributed by atoms with Gasteiger partial charge in [-0.3, -0.25) is 4.98 Å². The van der Waals surface area contributed by atoms with Gasteiger partial charge in [0.05, 0.1) is 11.2 Å². The molecule has 0 aliphatic heterocycles. The van der Waals surface area contributed by atoms with Crippen LogP contribution in [0.3, 0.4) is 0 Å². The SMILES string of the molecule is CC(C)CN(c1c(CN)cnc2ccccc12)C(C)C. The van der Waals surface area contributed by atoms with E-state index in [1.165, 1.54) is 11.1 Å². The molecule has 0 saturated heterocycles. The maximum Gasteiger partial charge on any atom is 0.0723 e. The van der Waals surface area contributed by atoms with Crippen LogP contribution in [0.25, 0.3) is 10.9 Å². The van der Waals surface area contributed by atoms with Crippen LogP contribution in [-0.4, -0.2) is 17.6 Å². The topological polar surface area (TPSA) is 42.1 Å². The number of pyridine rings is 1. The highest BCUT2D eigenvalue weighted by atomic mass is 15.2. The molecule has 2 rings (SSSR count). The van der Waals surface area contributed by atoms with Gasteiger partial charge in [0.25, 0.3) is 0 Å². The van der Waals surface area contributed by atoms with Crippen molar-refractivity contribution in [3.8, 4) is 0 Å². The second-order valence-corrected chi connectivity index (χ2v) is 5.99. The van der Waals surface area contributed by atoms with Crippen molar-refractivity contribution in [3.05, 3.63) is 36.0 Å². The van der Waals surface area contributed by atoms with E-state index in [2.05, 4.69) is 55.8 Å². The van der Waals surface area contributed by atoms with Gasteiger partial charge in [0, 0.05) is 36.3 Å². The summed E-state index contributed by atoms with van der Waals surface area (Å²) in [7, 11) is 0. The smallest absolute Gasteiger partial charge is 0.0723 e. The molecule has 0 spiro atoms. The zero-order valence-electron chi connectivity index (χ0n) is 12.9. The molecule has 0 atom stereocenters. The molecule has 2 N–H and O–H groups in total. The Kier molecular flexibility index (Phi) is 4.61. The summed E-state index contributed by atoms with van der Waals surface area (Å²) >= 11 is 0. The lowest BCUT2D eigenvalue weighted by Gasteiger charge is -2.33. The van der Waals surface area contributed by atoms with Crippen molar-refractivity contribution < 1.29 is 0 Å². The first kappa shape index (κ1) is 14.8. The number of aromatic nitrogens is 1. The second-order valence-electron chi connectivity index (χ2n) is 5.99. The van der Waals surface area contributed by atoms with Crippen molar-refractivity contribution in [2.75, 3.05) is 11.4 Å². The third-order valence-electron chi connectivity index (χ3n) is 3.52. The van der Waals surface area contributed by atoms with Crippen molar-refractivity contribution in [2.45, 2.75) is 40.3 Å². The molecular formula is C17H25N3. The van der Waals surface area contributed by atoms with Gasteiger partial charge < -0.3 is 10.6 Å². The van der Waals surface area contributed by atoms with Crippen LogP contribution in [0.4, 0.5) is 5.69 Å². The molecule has 108 valence electrons. The lowest BCUT2D eigenvalue weighted by atomic mass is 10.0. The molecule has 0 aliphatic carbocycles. The van der Waals surface area contributed by atoms with E-state index in [9.17, 15) is 0 Å². The minimum absolute atomic E-state index is 0.438. The molecule has 0 amide bonds. The van der Waals surface area contributed by atoms with Gasteiger partial charge >= 0.3 is 0 Å². The Hall–Kier alpha value is -1.61. The standard InChI is InChI=1S/C17H25N3/c1-12(2)11-20(13(3)4)17-14(9-18)10-19-16-8-6-5-7-15(16)17/h5-8,10,12-13H,9,11,18H2,1-4H3. The van der Waals surface area contributed by atoms with Crippen LogP contribution < -0.4 is 10.6 Å². The Balaban J connectivity index is 2.64. The molecule has 0 saturated carbocycles. The predicted molar refractivity (Wildman–Crippen MR) is 87.0 cm³/mol. The molecule has 0 bridgehead atoms. The lowest BCUT2D eigenvalue weighted by Crippen LogP contribution is -2.35. The molecule has 1 aromatic heterocycles. The number of para-hydroxylation sites is 1. The Labute approximate surface area is 121 Å². The van der Waals surface area contributed by atoms with E-state index in [1.807, 2.05) is 12.3 Å². The predicted octanol–water partition coefficient (Wildman–Crippen LogP) is 3.56. The van der Waals surface area contributed by atoms with Crippen LogP contribution in [0.1, 0.15) is 33.3 Å². The average molecular weight is 271 g/mol. The van der Waals surface area contributed by atoms with E-state index < -0.39 is 0 Å². The fourth-order valence-electron chi connectivity index (χ4n) is 2.61. The number of nitrogens with zero attached hydrogens (tertiary/aromatic N) is 2. The van der Waals surface area contributed by atoms with Crippen LogP contribution in [0.5, 0.6) is 0 Å². The molecule has 3 heteroatoms. The van der Waals surface area contributed by atoms with Crippen molar-refractivity contribution in [3.63, 3.8) is 0 Å². The fourth-order valence-corrected chi connectivity index (χ4v) is 2.61. The average Bonchev–Trinajstić information content (AvgIpc) is 2.43. The number of benzene rings is 1.